The number of aromatic amines is 2. The molecule has 5 rings (SSSR count). The minimum Gasteiger partial charge on any atom is -0.361 e. The molecule has 4 aromatic rings. The van der Waals surface area contributed by atoms with Crippen molar-refractivity contribution in [2.75, 3.05) is 20.1 Å². The third-order valence-corrected chi connectivity index (χ3v) is 6.08. The Labute approximate surface area is 160 Å². The fourth-order valence-corrected chi connectivity index (χ4v) is 4.59. The van der Waals surface area contributed by atoms with Gasteiger partial charge in [-0.1, -0.05) is 40.2 Å². The third kappa shape index (κ3) is 2.58. The lowest BCUT2D eigenvalue weighted by Crippen LogP contribution is -2.45. The van der Waals surface area contributed by atoms with E-state index in [2.05, 4.69) is 98.0 Å². The number of para-hydroxylation sites is 1. The molecule has 0 saturated carbocycles. The van der Waals surface area contributed by atoms with E-state index in [1.807, 2.05) is 0 Å². The first-order valence-electron chi connectivity index (χ1n) is 8.97. The van der Waals surface area contributed by atoms with Gasteiger partial charge in [-0.05, 0) is 36.4 Å². The molecule has 1 aliphatic heterocycles. The van der Waals surface area contributed by atoms with Crippen LogP contribution >= 0.6 is 15.9 Å². The number of likely N-dealkylation sites (N-methyl/N-ethyl adjacent to an activating group) is 1. The van der Waals surface area contributed by atoms with Crippen molar-refractivity contribution in [2.45, 2.75) is 12.1 Å². The van der Waals surface area contributed by atoms with E-state index in [0.717, 1.165) is 17.6 Å². The Morgan fingerprint density at radius 1 is 0.962 bits per heavy atom. The zero-order valence-electron chi connectivity index (χ0n) is 14.6. The van der Waals surface area contributed by atoms with Gasteiger partial charge in [0, 0.05) is 63.8 Å². The summed E-state index contributed by atoms with van der Waals surface area (Å²) in [6.45, 7) is 1.92. The molecule has 0 radical (unpaired) electrons. The molecular weight excluding hydrogens is 388 g/mol. The molecule has 1 aliphatic rings. The van der Waals surface area contributed by atoms with Gasteiger partial charge in [-0.2, -0.15) is 0 Å². The van der Waals surface area contributed by atoms with Crippen LogP contribution in [0.15, 0.2) is 59.3 Å². The van der Waals surface area contributed by atoms with Crippen LogP contribution in [0.25, 0.3) is 21.8 Å². The molecule has 26 heavy (non-hydrogen) atoms. The summed E-state index contributed by atoms with van der Waals surface area (Å²) in [6.07, 6.45) is 4.31. The predicted octanol–water partition coefficient (Wildman–Crippen LogP) is 4.73. The van der Waals surface area contributed by atoms with E-state index in [4.69, 9.17) is 0 Å². The van der Waals surface area contributed by atoms with Gasteiger partial charge in [-0.25, -0.2) is 0 Å². The number of halogens is 1. The highest BCUT2D eigenvalue weighted by Crippen LogP contribution is 2.34. The van der Waals surface area contributed by atoms with Crippen LogP contribution < -0.4 is 5.32 Å². The van der Waals surface area contributed by atoms with Crippen LogP contribution in [0.4, 0.5) is 0 Å². The third-order valence-electron chi connectivity index (χ3n) is 5.59. The average molecular weight is 409 g/mol. The fourth-order valence-electron chi connectivity index (χ4n) is 4.22. The summed E-state index contributed by atoms with van der Waals surface area (Å²) in [7, 11) is 2.23. The van der Waals surface area contributed by atoms with Gasteiger partial charge in [0.2, 0.25) is 0 Å². The fraction of sp³-hybridized carbons (Fsp3) is 0.238. The maximum atomic E-state index is 3.77. The Morgan fingerprint density at radius 2 is 1.73 bits per heavy atom. The minimum absolute atomic E-state index is 0.330. The van der Waals surface area contributed by atoms with Crippen LogP contribution in [0.5, 0.6) is 0 Å². The summed E-state index contributed by atoms with van der Waals surface area (Å²) in [5, 5.41) is 6.39. The molecule has 0 spiro atoms. The summed E-state index contributed by atoms with van der Waals surface area (Å²) < 4.78 is 1.10. The first-order chi connectivity index (χ1) is 12.7. The van der Waals surface area contributed by atoms with Gasteiger partial charge in [-0.15, -0.1) is 0 Å². The number of hydrogen-bond acceptors (Lipinski definition) is 2. The van der Waals surface area contributed by atoms with Crippen molar-refractivity contribution in [1.82, 2.24) is 20.2 Å². The van der Waals surface area contributed by atoms with E-state index < -0.39 is 0 Å². The van der Waals surface area contributed by atoms with Crippen molar-refractivity contribution in [3.63, 3.8) is 0 Å². The first-order valence-corrected chi connectivity index (χ1v) is 9.76. The first kappa shape index (κ1) is 16.1. The second-order valence-corrected chi connectivity index (χ2v) is 8.06. The molecule has 1 saturated heterocycles. The molecule has 3 heterocycles. The highest BCUT2D eigenvalue weighted by atomic mass is 79.9. The summed E-state index contributed by atoms with van der Waals surface area (Å²) in [5.74, 6) is 0. The molecule has 132 valence electrons. The molecule has 5 heteroatoms. The standard InChI is InChI=1S/C21H21BrN4/c1-26-12-20(16-9-24-19-8-13(22)6-7-15(16)19)25-11-21(26)17-10-23-18-5-3-2-4-14(17)18/h2-10,20-21,23-25H,11-12H2,1H3. The molecular formula is C21H21BrN4. The number of rotatable bonds is 2. The van der Waals surface area contributed by atoms with Gasteiger partial charge in [0.25, 0.3) is 0 Å². The highest BCUT2D eigenvalue weighted by Gasteiger charge is 2.29. The molecule has 0 amide bonds. The smallest absolute Gasteiger partial charge is 0.0491 e. The van der Waals surface area contributed by atoms with E-state index in [9.17, 15) is 0 Å². The zero-order chi connectivity index (χ0) is 17.7. The Balaban J connectivity index is 1.43. The predicted molar refractivity (Wildman–Crippen MR) is 110 cm³/mol. The second-order valence-electron chi connectivity index (χ2n) is 7.14. The second kappa shape index (κ2) is 6.27. The molecule has 2 atom stereocenters. The van der Waals surface area contributed by atoms with Gasteiger partial charge in [0.1, 0.15) is 0 Å². The lowest BCUT2D eigenvalue weighted by Gasteiger charge is -2.38. The average Bonchev–Trinajstić information content (AvgIpc) is 3.25. The molecule has 3 N–H and O–H groups in total. The molecule has 4 nitrogen and oxygen atoms in total. The van der Waals surface area contributed by atoms with Gasteiger partial charge in [0.15, 0.2) is 0 Å². The Bertz CT molecular complexity index is 1080. The summed E-state index contributed by atoms with van der Waals surface area (Å²) >= 11 is 3.55. The summed E-state index contributed by atoms with van der Waals surface area (Å²) in [4.78, 5) is 9.29. The number of H-pyrrole nitrogens is 2. The van der Waals surface area contributed by atoms with Crippen LogP contribution in [0.2, 0.25) is 0 Å². The van der Waals surface area contributed by atoms with Crippen molar-refractivity contribution in [3.8, 4) is 0 Å². The largest absolute Gasteiger partial charge is 0.361 e. The Kier molecular flexibility index (Phi) is 3.89. The SMILES string of the molecule is CN1CC(c2c[nH]c3cc(Br)ccc23)NCC1c1c[nH]c2ccccc12. The summed E-state index contributed by atoms with van der Waals surface area (Å²) in [5.41, 5.74) is 5.10. The van der Waals surface area contributed by atoms with E-state index in [1.165, 1.54) is 32.9 Å². The van der Waals surface area contributed by atoms with E-state index in [0.29, 0.717) is 12.1 Å². The van der Waals surface area contributed by atoms with Gasteiger partial charge < -0.3 is 15.3 Å². The van der Waals surface area contributed by atoms with E-state index in [-0.39, 0.29) is 0 Å². The molecule has 2 aromatic carbocycles. The molecule has 1 fully saturated rings. The topological polar surface area (TPSA) is 46.9 Å². The highest BCUT2D eigenvalue weighted by molar-refractivity contribution is 9.10. The zero-order valence-corrected chi connectivity index (χ0v) is 16.2. The van der Waals surface area contributed by atoms with Crippen molar-refractivity contribution < 1.29 is 0 Å². The molecule has 0 bridgehead atoms. The molecule has 0 aliphatic carbocycles. The lowest BCUT2D eigenvalue weighted by atomic mass is 9.97. The van der Waals surface area contributed by atoms with E-state index in [1.54, 1.807) is 0 Å². The van der Waals surface area contributed by atoms with Crippen molar-refractivity contribution in [2.24, 2.45) is 0 Å². The van der Waals surface area contributed by atoms with Gasteiger partial charge in [0.05, 0.1) is 0 Å². The normalized spacial score (nSPS) is 21.6. The van der Waals surface area contributed by atoms with Crippen LogP contribution in [0.3, 0.4) is 0 Å². The number of nitrogens with one attached hydrogen (secondary N) is 3. The van der Waals surface area contributed by atoms with Crippen molar-refractivity contribution >= 4 is 37.7 Å². The Hall–Kier alpha value is -2.08. The van der Waals surface area contributed by atoms with Gasteiger partial charge in [-0.3, -0.25) is 4.90 Å². The number of aromatic nitrogens is 2. The number of nitrogens with zero attached hydrogens (tertiary/aromatic N) is 1. The van der Waals surface area contributed by atoms with Gasteiger partial charge >= 0.3 is 0 Å². The van der Waals surface area contributed by atoms with Crippen LogP contribution in [-0.2, 0) is 0 Å². The monoisotopic (exact) mass is 408 g/mol. The van der Waals surface area contributed by atoms with Crippen molar-refractivity contribution in [3.05, 3.63) is 70.5 Å². The van der Waals surface area contributed by atoms with Crippen molar-refractivity contribution in [1.29, 1.82) is 0 Å². The lowest BCUT2D eigenvalue weighted by molar-refractivity contribution is 0.166. The van der Waals surface area contributed by atoms with E-state index >= 15 is 0 Å². The number of benzene rings is 2. The quantitative estimate of drug-likeness (QED) is 0.448. The van der Waals surface area contributed by atoms with Crippen LogP contribution in [0.1, 0.15) is 23.2 Å². The summed E-state index contributed by atoms with van der Waals surface area (Å²) in [6, 6.07) is 15.7. The maximum Gasteiger partial charge on any atom is 0.0491 e. The number of piperazine rings is 1. The maximum absolute atomic E-state index is 3.77. The Morgan fingerprint density at radius 3 is 2.62 bits per heavy atom. The molecule has 2 aromatic heterocycles. The van der Waals surface area contributed by atoms with Crippen LogP contribution in [-0.4, -0.2) is 35.0 Å². The van der Waals surface area contributed by atoms with Crippen LogP contribution in [0, 0.1) is 0 Å². The molecule has 2 unspecified atom stereocenters. The number of hydrogen-bond donors (Lipinski definition) is 3. The number of fused-ring (bicyclic) bond motifs is 2. The minimum atomic E-state index is 0.330.